The Bertz CT molecular complexity index is 2940. The van der Waals surface area contributed by atoms with E-state index in [-0.39, 0.29) is 5.41 Å². The fourth-order valence-electron chi connectivity index (χ4n) is 9.48. The highest BCUT2D eigenvalue weighted by molar-refractivity contribution is 7.20. The van der Waals surface area contributed by atoms with Gasteiger partial charge in [0.05, 0.1) is 0 Å². The molecule has 0 saturated carbocycles. The summed E-state index contributed by atoms with van der Waals surface area (Å²) in [5, 5.41) is 6.66. The van der Waals surface area contributed by atoms with Gasteiger partial charge in [0.2, 0.25) is 0 Å². The van der Waals surface area contributed by atoms with Gasteiger partial charge in [-0.3, -0.25) is 0 Å². The van der Waals surface area contributed by atoms with E-state index in [9.17, 15) is 0 Å². The topological polar surface area (TPSA) is 0 Å². The van der Waals surface area contributed by atoms with Crippen LogP contribution in [-0.2, 0) is 11.8 Å². The molecule has 6 aromatic rings. The molecule has 1 heterocycles. The van der Waals surface area contributed by atoms with Gasteiger partial charge in [0.1, 0.15) is 0 Å². The zero-order valence-electron chi connectivity index (χ0n) is 32.4. The van der Waals surface area contributed by atoms with Crippen molar-refractivity contribution in [3.05, 3.63) is 183 Å². The monoisotopic (exact) mass is 738 g/mol. The lowest BCUT2D eigenvalue weighted by molar-refractivity contribution is 0.676. The van der Waals surface area contributed by atoms with Gasteiger partial charge >= 0.3 is 0 Å². The molecule has 0 amide bonds. The third-order valence-corrected chi connectivity index (χ3v) is 13.2. The molecule has 0 fully saturated rings. The van der Waals surface area contributed by atoms with Crippen molar-refractivity contribution in [2.75, 3.05) is 0 Å². The lowest BCUT2D eigenvalue weighted by atomic mass is 9.77. The Labute approximate surface area is 335 Å². The maximum atomic E-state index is 4.39. The van der Waals surface area contributed by atoms with Gasteiger partial charge in [-0.2, -0.15) is 0 Å². The van der Waals surface area contributed by atoms with Gasteiger partial charge < -0.3 is 0 Å². The predicted octanol–water partition coefficient (Wildman–Crippen LogP) is 14.2. The molecule has 0 spiro atoms. The molecule has 1 aromatic heterocycles. The minimum atomic E-state index is -0.189. The molecule has 3 aliphatic rings. The van der Waals surface area contributed by atoms with Crippen molar-refractivity contribution >= 4 is 86.4 Å². The van der Waals surface area contributed by atoms with Crippen LogP contribution >= 0.6 is 11.3 Å². The zero-order chi connectivity index (χ0) is 38.6. The molecule has 0 radical (unpaired) electrons. The summed E-state index contributed by atoms with van der Waals surface area (Å²) >= 11 is 1.96. The van der Waals surface area contributed by atoms with Crippen LogP contribution in [0.1, 0.15) is 82.5 Å². The summed E-state index contributed by atoms with van der Waals surface area (Å²) in [6, 6.07) is 24.5. The van der Waals surface area contributed by atoms with Crippen LogP contribution < -0.4 is 10.4 Å². The summed E-state index contributed by atoms with van der Waals surface area (Å²) in [5.74, 6) is 0. The zero-order valence-corrected chi connectivity index (χ0v) is 33.2. The quantitative estimate of drug-likeness (QED) is 0.153. The summed E-state index contributed by atoms with van der Waals surface area (Å²) in [6.45, 7) is 21.8. The standard InChI is InChI=1S/C55H46S/c1-7-35-20-18-29-42(39(35)8-2)51-41(10-4)40(9-3)50(43-24-11-12-25-44(43)51)38-22-17-21-37(34-38)36-23-19-33-55(5,6)53-46-27-14-13-26-45(46)52-47-28-15-16-30-49(47)56-54(52)48(53)32-31-36/h7-10,13-14,16-27,29-34H,1-4,11-12,15,28H2,5-6H3/b32-31?,33-19+,36-23?. The maximum absolute atomic E-state index is 4.39. The second kappa shape index (κ2) is 14.2. The second-order valence-electron chi connectivity index (χ2n) is 15.6. The maximum Gasteiger partial charge on any atom is 0.0433 e. The lowest BCUT2D eigenvalue weighted by Crippen LogP contribution is -2.33. The van der Waals surface area contributed by atoms with Crippen molar-refractivity contribution in [3.8, 4) is 22.3 Å². The van der Waals surface area contributed by atoms with E-state index in [0.29, 0.717) is 0 Å². The highest BCUT2D eigenvalue weighted by atomic mass is 32.1. The van der Waals surface area contributed by atoms with Crippen molar-refractivity contribution in [1.29, 1.82) is 0 Å². The fraction of sp³-hybridized carbons (Fsp3) is 0.127. The highest BCUT2D eigenvalue weighted by Gasteiger charge is 2.28. The molecule has 0 unspecified atom stereocenters. The first-order chi connectivity index (χ1) is 27.4. The molecule has 56 heavy (non-hydrogen) atoms. The first-order valence-corrected chi connectivity index (χ1v) is 20.6. The van der Waals surface area contributed by atoms with E-state index in [1.165, 1.54) is 80.7 Å². The summed E-state index contributed by atoms with van der Waals surface area (Å²) in [6.07, 6.45) is 33.2. The Kier molecular flexibility index (Phi) is 9.07. The average molecular weight is 739 g/mol. The summed E-state index contributed by atoms with van der Waals surface area (Å²) < 4.78 is 1.40. The van der Waals surface area contributed by atoms with E-state index in [4.69, 9.17) is 0 Å². The Hall–Kier alpha value is -6.02. The largest absolute Gasteiger partial charge is 0.135 e. The van der Waals surface area contributed by atoms with Crippen LogP contribution in [0.15, 0.2) is 123 Å². The Morgan fingerprint density at radius 3 is 2.16 bits per heavy atom. The molecule has 1 heteroatoms. The highest BCUT2D eigenvalue weighted by Crippen LogP contribution is 2.48. The van der Waals surface area contributed by atoms with E-state index in [1.807, 2.05) is 35.6 Å². The van der Waals surface area contributed by atoms with Crippen LogP contribution in [0.3, 0.4) is 0 Å². The van der Waals surface area contributed by atoms with E-state index in [1.54, 1.807) is 0 Å². The number of benzene rings is 5. The minimum Gasteiger partial charge on any atom is -0.135 e. The van der Waals surface area contributed by atoms with Gasteiger partial charge in [-0.1, -0.05) is 174 Å². The number of rotatable bonds is 7. The molecule has 0 saturated heterocycles. The fourth-order valence-corrected chi connectivity index (χ4v) is 10.8. The first-order valence-electron chi connectivity index (χ1n) is 19.8. The molecule has 0 nitrogen and oxygen atoms in total. The summed E-state index contributed by atoms with van der Waals surface area (Å²) in [5.41, 5.74) is 15.4. The minimum absolute atomic E-state index is 0.189. The molecule has 5 aromatic carbocycles. The number of thiophene rings is 1. The Morgan fingerprint density at radius 1 is 0.679 bits per heavy atom. The van der Waals surface area contributed by atoms with Crippen molar-refractivity contribution < 1.29 is 0 Å². The molecular weight excluding hydrogens is 693 g/mol. The van der Waals surface area contributed by atoms with Crippen molar-refractivity contribution in [2.45, 2.75) is 44.9 Å². The normalized spacial score (nSPS) is 15.9. The van der Waals surface area contributed by atoms with Crippen LogP contribution in [0, 0.1) is 0 Å². The van der Waals surface area contributed by atoms with Crippen LogP contribution in [0.5, 0.6) is 0 Å². The van der Waals surface area contributed by atoms with Crippen molar-refractivity contribution in [2.24, 2.45) is 0 Å². The number of allylic oxidation sites excluding steroid dienone is 6. The van der Waals surface area contributed by atoms with E-state index >= 15 is 0 Å². The Balaban J connectivity index is 1.25. The van der Waals surface area contributed by atoms with Crippen LogP contribution in [0.4, 0.5) is 0 Å². The number of aryl methyl sites for hydroxylation is 1. The lowest BCUT2D eigenvalue weighted by Gasteiger charge is -2.26. The van der Waals surface area contributed by atoms with Gasteiger partial charge in [-0.25, -0.2) is 0 Å². The first kappa shape index (κ1) is 35.7. The average Bonchev–Trinajstić information content (AvgIpc) is 3.65. The summed E-state index contributed by atoms with van der Waals surface area (Å²) in [4.78, 5) is 1.41. The van der Waals surface area contributed by atoms with Gasteiger partial charge in [-0.15, -0.1) is 11.3 Å². The van der Waals surface area contributed by atoms with Crippen molar-refractivity contribution in [3.63, 3.8) is 0 Å². The number of hydrogen-bond acceptors (Lipinski definition) is 1. The Morgan fingerprint density at radius 2 is 1.39 bits per heavy atom. The van der Waals surface area contributed by atoms with Gasteiger partial charge in [0.15, 0.2) is 0 Å². The van der Waals surface area contributed by atoms with Gasteiger partial charge in [0.25, 0.3) is 0 Å². The molecule has 272 valence electrons. The van der Waals surface area contributed by atoms with Crippen LogP contribution in [0.2, 0.25) is 0 Å². The molecule has 0 N–H and O–H groups in total. The molecule has 0 aliphatic heterocycles. The summed E-state index contributed by atoms with van der Waals surface area (Å²) in [7, 11) is 0. The molecular formula is C55H46S. The van der Waals surface area contributed by atoms with E-state index < -0.39 is 0 Å². The van der Waals surface area contributed by atoms with Crippen molar-refractivity contribution in [1.82, 2.24) is 0 Å². The number of fused-ring (bicyclic) bond motifs is 9. The molecule has 9 rings (SSSR count). The second-order valence-corrected chi connectivity index (χ2v) is 16.6. The number of hydrogen-bond donors (Lipinski definition) is 0. The third-order valence-electron chi connectivity index (χ3n) is 12.0. The van der Waals surface area contributed by atoms with E-state index in [0.717, 1.165) is 53.5 Å². The molecule has 0 bridgehead atoms. The smallest absolute Gasteiger partial charge is 0.0433 e. The van der Waals surface area contributed by atoms with E-state index in [2.05, 4.69) is 162 Å². The van der Waals surface area contributed by atoms with Gasteiger partial charge in [0, 0.05) is 20.4 Å². The molecule has 3 aliphatic carbocycles. The third kappa shape index (κ3) is 5.64. The molecule has 0 atom stereocenters. The van der Waals surface area contributed by atoms with Gasteiger partial charge in [-0.05, 0) is 131 Å². The van der Waals surface area contributed by atoms with Crippen LogP contribution in [-0.4, -0.2) is 0 Å². The van der Waals surface area contributed by atoms with Crippen LogP contribution in [0.25, 0.3) is 97.3 Å². The SMILES string of the molecule is C=Cc1cccc(-c2c(C=C)c(C=C)c(-c3cccc(C4=C/C=C/C(C)(C)c5c(c6sc7c(c6c6ccccc56)CCC=C7)C=C4)c3)c3c2=CCCC=3)c1C=C. The predicted molar refractivity (Wildman–Crippen MR) is 251 cm³/mol.